The van der Waals surface area contributed by atoms with Crippen molar-refractivity contribution in [2.24, 2.45) is 5.73 Å². The van der Waals surface area contributed by atoms with Gasteiger partial charge < -0.3 is 10.6 Å². The molecule has 1 aromatic carbocycles. The first kappa shape index (κ1) is 16.7. The molecule has 0 radical (unpaired) electrons. The summed E-state index contributed by atoms with van der Waals surface area (Å²) in [5, 5.41) is 0.822. The number of halogens is 1. The van der Waals surface area contributed by atoms with E-state index < -0.39 is 0 Å². The van der Waals surface area contributed by atoms with Gasteiger partial charge in [0, 0.05) is 56.9 Å². The Bertz CT molecular complexity index is 430. The van der Waals surface area contributed by atoms with Gasteiger partial charge in [-0.2, -0.15) is 0 Å². The quantitative estimate of drug-likeness (QED) is 0.864. The molecule has 0 aliphatic carbocycles. The summed E-state index contributed by atoms with van der Waals surface area (Å²) < 4.78 is 0. The standard InChI is InChI=1S/C16H27ClN4/c1-19(2)7-8-20-9-11-21(12-10-20)16(13-18)14-5-3-4-6-15(14)17/h3-6,16H,7-13,18H2,1-2H3. The summed E-state index contributed by atoms with van der Waals surface area (Å²) in [6.45, 7) is 7.19. The Morgan fingerprint density at radius 2 is 1.86 bits per heavy atom. The molecule has 1 heterocycles. The zero-order valence-electron chi connectivity index (χ0n) is 13.1. The largest absolute Gasteiger partial charge is 0.329 e. The number of likely N-dealkylation sites (N-methyl/N-ethyl adjacent to an activating group) is 1. The van der Waals surface area contributed by atoms with Crippen LogP contribution >= 0.6 is 11.6 Å². The maximum absolute atomic E-state index is 6.33. The monoisotopic (exact) mass is 310 g/mol. The summed E-state index contributed by atoms with van der Waals surface area (Å²) in [4.78, 5) is 7.23. The van der Waals surface area contributed by atoms with Gasteiger partial charge in [-0.15, -0.1) is 0 Å². The van der Waals surface area contributed by atoms with Crippen molar-refractivity contribution in [2.75, 3.05) is 59.9 Å². The number of piperazine rings is 1. The smallest absolute Gasteiger partial charge is 0.0486 e. The molecule has 1 aliphatic rings. The van der Waals surface area contributed by atoms with Crippen molar-refractivity contribution >= 4 is 11.6 Å². The molecule has 1 saturated heterocycles. The van der Waals surface area contributed by atoms with Crippen molar-refractivity contribution in [3.8, 4) is 0 Å². The van der Waals surface area contributed by atoms with E-state index in [0.29, 0.717) is 6.54 Å². The third-order valence-corrected chi connectivity index (χ3v) is 4.54. The third-order valence-electron chi connectivity index (χ3n) is 4.20. The molecule has 1 atom stereocenters. The van der Waals surface area contributed by atoms with E-state index in [1.54, 1.807) is 0 Å². The van der Waals surface area contributed by atoms with E-state index in [1.165, 1.54) is 0 Å². The van der Waals surface area contributed by atoms with Crippen LogP contribution in [0.3, 0.4) is 0 Å². The lowest BCUT2D eigenvalue weighted by Gasteiger charge is -2.39. The van der Waals surface area contributed by atoms with Gasteiger partial charge in [0.2, 0.25) is 0 Å². The Kier molecular flexibility index (Phi) is 6.45. The fourth-order valence-corrected chi connectivity index (χ4v) is 3.12. The number of hydrogen-bond donors (Lipinski definition) is 1. The molecule has 0 bridgehead atoms. The van der Waals surface area contributed by atoms with E-state index in [2.05, 4.69) is 34.9 Å². The van der Waals surface area contributed by atoms with Gasteiger partial charge in [-0.05, 0) is 25.7 Å². The minimum atomic E-state index is 0.231. The van der Waals surface area contributed by atoms with Crippen LogP contribution in [0.4, 0.5) is 0 Å². The van der Waals surface area contributed by atoms with Crippen LogP contribution in [-0.4, -0.2) is 74.6 Å². The fraction of sp³-hybridized carbons (Fsp3) is 0.625. The van der Waals surface area contributed by atoms with Gasteiger partial charge in [0.15, 0.2) is 0 Å². The minimum Gasteiger partial charge on any atom is -0.329 e. The van der Waals surface area contributed by atoms with Gasteiger partial charge >= 0.3 is 0 Å². The molecular weight excluding hydrogens is 284 g/mol. The topological polar surface area (TPSA) is 35.7 Å². The lowest BCUT2D eigenvalue weighted by atomic mass is 10.0. The molecule has 2 rings (SSSR count). The Morgan fingerprint density at radius 3 is 2.43 bits per heavy atom. The number of benzene rings is 1. The maximum atomic E-state index is 6.33. The first-order valence-corrected chi connectivity index (χ1v) is 8.05. The molecular formula is C16H27ClN4. The molecule has 1 fully saturated rings. The van der Waals surface area contributed by atoms with E-state index >= 15 is 0 Å². The van der Waals surface area contributed by atoms with Crippen molar-refractivity contribution in [2.45, 2.75) is 6.04 Å². The zero-order valence-corrected chi connectivity index (χ0v) is 13.9. The first-order valence-electron chi connectivity index (χ1n) is 7.67. The Balaban J connectivity index is 1.92. The predicted octanol–water partition coefficient (Wildman–Crippen LogP) is 1.52. The van der Waals surface area contributed by atoms with Crippen LogP contribution in [0.25, 0.3) is 0 Å². The van der Waals surface area contributed by atoms with Crippen molar-refractivity contribution in [1.82, 2.24) is 14.7 Å². The Labute approximate surface area is 133 Å². The Morgan fingerprint density at radius 1 is 1.19 bits per heavy atom. The number of hydrogen-bond acceptors (Lipinski definition) is 4. The summed E-state index contributed by atoms with van der Waals surface area (Å²) in [5.74, 6) is 0. The average molecular weight is 311 g/mol. The molecule has 5 heteroatoms. The van der Waals surface area contributed by atoms with Crippen LogP contribution in [0.2, 0.25) is 5.02 Å². The van der Waals surface area contributed by atoms with Crippen molar-refractivity contribution < 1.29 is 0 Å². The van der Waals surface area contributed by atoms with E-state index in [4.69, 9.17) is 17.3 Å². The van der Waals surface area contributed by atoms with Crippen LogP contribution in [0.1, 0.15) is 11.6 Å². The van der Waals surface area contributed by atoms with Crippen LogP contribution in [-0.2, 0) is 0 Å². The molecule has 1 aromatic rings. The lowest BCUT2D eigenvalue weighted by Crippen LogP contribution is -2.50. The van der Waals surface area contributed by atoms with Gasteiger partial charge in [-0.3, -0.25) is 9.80 Å². The van der Waals surface area contributed by atoms with Crippen LogP contribution in [0, 0.1) is 0 Å². The van der Waals surface area contributed by atoms with Gasteiger partial charge in [0.05, 0.1) is 0 Å². The molecule has 1 aliphatic heterocycles. The summed E-state index contributed by atoms with van der Waals surface area (Å²) >= 11 is 6.33. The average Bonchev–Trinajstić information content (AvgIpc) is 2.49. The third kappa shape index (κ3) is 4.66. The van der Waals surface area contributed by atoms with Gasteiger partial charge in [-0.1, -0.05) is 29.8 Å². The number of nitrogens with zero attached hydrogens (tertiary/aromatic N) is 3. The highest BCUT2D eigenvalue weighted by atomic mass is 35.5. The molecule has 118 valence electrons. The normalized spacial score (nSPS) is 19.1. The van der Waals surface area contributed by atoms with Crippen molar-refractivity contribution in [1.29, 1.82) is 0 Å². The SMILES string of the molecule is CN(C)CCN1CCN(C(CN)c2ccccc2Cl)CC1. The molecule has 1 unspecified atom stereocenters. The number of rotatable bonds is 6. The highest BCUT2D eigenvalue weighted by molar-refractivity contribution is 6.31. The van der Waals surface area contributed by atoms with E-state index in [-0.39, 0.29) is 6.04 Å². The van der Waals surface area contributed by atoms with Crippen LogP contribution < -0.4 is 5.73 Å². The second-order valence-corrected chi connectivity index (χ2v) is 6.36. The minimum absolute atomic E-state index is 0.231. The first-order chi connectivity index (χ1) is 10.1. The second kappa shape index (κ2) is 8.11. The molecule has 0 saturated carbocycles. The number of nitrogens with two attached hydrogens (primary N) is 1. The van der Waals surface area contributed by atoms with Crippen molar-refractivity contribution in [3.63, 3.8) is 0 Å². The van der Waals surface area contributed by atoms with Crippen LogP contribution in [0.5, 0.6) is 0 Å². The summed E-state index contributed by atoms with van der Waals surface area (Å²) in [5.41, 5.74) is 7.17. The zero-order chi connectivity index (χ0) is 15.2. The maximum Gasteiger partial charge on any atom is 0.0486 e. The highest BCUT2D eigenvalue weighted by Gasteiger charge is 2.25. The van der Waals surface area contributed by atoms with E-state index in [9.17, 15) is 0 Å². The second-order valence-electron chi connectivity index (χ2n) is 5.95. The summed E-state index contributed by atoms with van der Waals surface area (Å²) in [7, 11) is 4.25. The van der Waals surface area contributed by atoms with E-state index in [1.807, 2.05) is 18.2 Å². The lowest BCUT2D eigenvalue weighted by molar-refractivity contribution is 0.0940. The highest BCUT2D eigenvalue weighted by Crippen LogP contribution is 2.27. The molecule has 0 amide bonds. The van der Waals surface area contributed by atoms with Gasteiger partial charge in [-0.25, -0.2) is 0 Å². The van der Waals surface area contributed by atoms with Gasteiger partial charge in [0.1, 0.15) is 0 Å². The van der Waals surface area contributed by atoms with Crippen LogP contribution in [0.15, 0.2) is 24.3 Å². The van der Waals surface area contributed by atoms with E-state index in [0.717, 1.165) is 49.9 Å². The predicted molar refractivity (Wildman–Crippen MR) is 89.8 cm³/mol. The van der Waals surface area contributed by atoms with Crippen molar-refractivity contribution in [3.05, 3.63) is 34.9 Å². The van der Waals surface area contributed by atoms with Gasteiger partial charge in [0.25, 0.3) is 0 Å². The Hall–Kier alpha value is -0.650. The molecule has 4 nitrogen and oxygen atoms in total. The molecule has 0 aromatic heterocycles. The molecule has 21 heavy (non-hydrogen) atoms. The summed E-state index contributed by atoms with van der Waals surface area (Å²) in [6, 6.07) is 8.29. The molecule has 2 N–H and O–H groups in total. The fourth-order valence-electron chi connectivity index (χ4n) is 2.86. The summed E-state index contributed by atoms with van der Waals surface area (Å²) in [6.07, 6.45) is 0. The molecule has 0 spiro atoms.